The molecule has 1 fully saturated rings. The summed E-state index contributed by atoms with van der Waals surface area (Å²) in [5.74, 6) is -0.0204. The van der Waals surface area contributed by atoms with Crippen molar-refractivity contribution < 1.29 is 22.7 Å². The third-order valence-electron chi connectivity index (χ3n) is 5.97. The van der Waals surface area contributed by atoms with Crippen LogP contribution in [-0.2, 0) is 30.7 Å². The van der Waals surface area contributed by atoms with Crippen LogP contribution in [-0.4, -0.2) is 38.2 Å². The van der Waals surface area contributed by atoms with Crippen molar-refractivity contribution in [2.24, 2.45) is 16.8 Å². The highest BCUT2D eigenvalue weighted by Gasteiger charge is 2.26. The summed E-state index contributed by atoms with van der Waals surface area (Å²) in [6.07, 6.45) is 8.60. The van der Waals surface area contributed by atoms with Gasteiger partial charge >= 0.3 is 5.97 Å². The van der Waals surface area contributed by atoms with Gasteiger partial charge < -0.3 is 9.30 Å². The van der Waals surface area contributed by atoms with Crippen molar-refractivity contribution in [1.82, 2.24) is 4.57 Å². The number of nitrogens with zero attached hydrogens (tertiary/aromatic N) is 2. The summed E-state index contributed by atoms with van der Waals surface area (Å²) in [5.41, 5.74) is 0.651. The fraction of sp³-hybridized carbons (Fsp3) is 0.591. The van der Waals surface area contributed by atoms with Gasteiger partial charge in [-0.1, -0.05) is 37.5 Å². The Morgan fingerprint density at radius 1 is 1.23 bits per heavy atom. The third kappa shape index (κ3) is 5.83. The first-order valence-electron chi connectivity index (χ1n) is 10.7. The monoisotopic (exact) mass is 466 g/mol. The van der Waals surface area contributed by atoms with Crippen molar-refractivity contribution in [2.45, 2.75) is 63.3 Å². The second-order valence-corrected chi connectivity index (χ2v) is 11.3. The first-order chi connectivity index (χ1) is 14.7. The van der Waals surface area contributed by atoms with E-state index in [1.54, 1.807) is 16.7 Å². The molecule has 1 aromatic heterocycles. The molecular weight excluding hydrogens is 436 g/mol. The average Bonchev–Trinajstić information content (AvgIpc) is 3.07. The summed E-state index contributed by atoms with van der Waals surface area (Å²) in [7, 11) is -2.07. The van der Waals surface area contributed by atoms with Crippen molar-refractivity contribution in [3.8, 4) is 0 Å². The van der Waals surface area contributed by atoms with Gasteiger partial charge in [0.2, 0.25) is 0 Å². The van der Waals surface area contributed by atoms with Crippen LogP contribution in [0.2, 0.25) is 0 Å². The number of rotatable bonds is 7. The summed E-state index contributed by atoms with van der Waals surface area (Å²) < 4.78 is 30.9. The molecule has 0 spiro atoms. The lowest BCUT2D eigenvalue weighted by Crippen LogP contribution is -2.26. The summed E-state index contributed by atoms with van der Waals surface area (Å²) in [5, 5.41) is 0. The molecule has 0 aliphatic heterocycles. The highest BCUT2D eigenvalue weighted by Crippen LogP contribution is 2.32. The number of ether oxygens (including phenoxy) is 1. The second kappa shape index (κ2) is 10.1. The van der Waals surface area contributed by atoms with Crippen molar-refractivity contribution in [1.29, 1.82) is 0 Å². The van der Waals surface area contributed by atoms with Crippen LogP contribution >= 0.6 is 11.3 Å². The molecule has 0 atom stereocenters. The number of unbranched alkanes of at least 4 members (excludes halogenated alkanes) is 1. The number of thiazole rings is 1. The second-order valence-electron chi connectivity index (χ2n) is 8.26. The first kappa shape index (κ1) is 23.7. The Bertz CT molecular complexity index is 1120. The van der Waals surface area contributed by atoms with Crippen molar-refractivity contribution in [2.75, 3.05) is 13.4 Å². The maximum atomic E-state index is 12.9. The normalized spacial score (nSPS) is 20.2. The van der Waals surface area contributed by atoms with Crippen LogP contribution in [0.3, 0.4) is 0 Å². The van der Waals surface area contributed by atoms with E-state index in [1.165, 1.54) is 43.8 Å². The van der Waals surface area contributed by atoms with Gasteiger partial charge in [0, 0.05) is 12.2 Å². The number of hydrogen-bond acceptors (Lipinski definition) is 6. The number of hydrogen-bond donors (Lipinski definition) is 0. The Morgan fingerprint density at radius 2 is 1.94 bits per heavy atom. The van der Waals surface area contributed by atoms with Gasteiger partial charge in [0.1, 0.15) is 6.54 Å². The molecular formula is C22H30N2O5S2. The molecule has 1 aliphatic carbocycles. The zero-order valence-corrected chi connectivity index (χ0v) is 19.9. The molecule has 1 aliphatic rings. The van der Waals surface area contributed by atoms with Crippen LogP contribution in [0.4, 0.5) is 0 Å². The molecule has 1 heterocycles. The molecule has 1 aromatic carbocycles. The molecule has 0 N–H and O–H groups in total. The molecule has 0 saturated heterocycles. The van der Waals surface area contributed by atoms with Crippen LogP contribution in [0, 0.1) is 11.8 Å². The quantitative estimate of drug-likeness (QED) is 0.580. The summed E-state index contributed by atoms with van der Waals surface area (Å²) in [4.78, 5) is 29.8. The van der Waals surface area contributed by atoms with Crippen LogP contribution < -0.4 is 4.80 Å². The van der Waals surface area contributed by atoms with Crippen LogP contribution in [0.25, 0.3) is 10.2 Å². The Hall–Kier alpha value is -2.00. The van der Waals surface area contributed by atoms with Gasteiger partial charge in [-0.15, -0.1) is 0 Å². The number of aromatic nitrogens is 1. The highest BCUT2D eigenvalue weighted by molar-refractivity contribution is 7.90. The first-order valence-corrected chi connectivity index (χ1v) is 13.4. The summed E-state index contributed by atoms with van der Waals surface area (Å²) >= 11 is 1.21. The molecule has 2 aromatic rings. The number of esters is 1. The summed E-state index contributed by atoms with van der Waals surface area (Å²) in [6.45, 7) is 2.10. The molecule has 3 rings (SSSR count). The zero-order valence-electron chi connectivity index (χ0n) is 18.3. The maximum absolute atomic E-state index is 12.9. The van der Waals surface area contributed by atoms with Crippen LogP contribution in [0.5, 0.6) is 0 Å². The number of carbonyl (C=O) groups is 2. The number of amides is 1. The molecule has 1 saturated carbocycles. The Kier molecular flexibility index (Phi) is 7.69. The Balaban J connectivity index is 1.92. The van der Waals surface area contributed by atoms with Crippen molar-refractivity contribution >= 4 is 43.3 Å². The predicted molar refractivity (Wildman–Crippen MR) is 120 cm³/mol. The van der Waals surface area contributed by atoms with E-state index in [4.69, 9.17) is 4.74 Å². The lowest BCUT2D eigenvalue weighted by molar-refractivity contribution is -0.141. The minimum atomic E-state index is -3.37. The number of fused-ring (bicyclic) bond motifs is 1. The Labute approximate surface area is 187 Å². The lowest BCUT2D eigenvalue weighted by atomic mass is 9.79. The van der Waals surface area contributed by atoms with Gasteiger partial charge in [-0.2, -0.15) is 4.99 Å². The van der Waals surface area contributed by atoms with E-state index in [1.807, 2.05) is 0 Å². The van der Waals surface area contributed by atoms with E-state index in [2.05, 4.69) is 11.9 Å². The van der Waals surface area contributed by atoms with E-state index in [-0.39, 0.29) is 23.3 Å². The van der Waals surface area contributed by atoms with E-state index in [9.17, 15) is 18.0 Å². The van der Waals surface area contributed by atoms with E-state index in [0.29, 0.717) is 20.9 Å². The molecule has 0 radical (unpaired) electrons. The van der Waals surface area contributed by atoms with Crippen molar-refractivity contribution in [3.05, 3.63) is 23.0 Å². The van der Waals surface area contributed by atoms with Gasteiger partial charge in [0.15, 0.2) is 14.6 Å². The highest BCUT2D eigenvalue weighted by atomic mass is 32.2. The van der Waals surface area contributed by atoms with E-state index >= 15 is 0 Å². The molecule has 170 valence electrons. The van der Waals surface area contributed by atoms with Gasteiger partial charge in [-0.25, -0.2) is 8.42 Å². The number of benzene rings is 1. The van der Waals surface area contributed by atoms with Gasteiger partial charge in [0.05, 0.1) is 22.2 Å². The molecule has 0 bridgehead atoms. The number of carbonyl (C=O) groups excluding carboxylic acids is 2. The molecule has 9 heteroatoms. The standard InChI is InChI=1S/C22H30N2O5S2/c1-4-5-6-15-7-9-16(10-8-15)21(26)23-22-24(14-20(25)29-2)18-12-11-17(31(3,27)28)13-19(18)30-22/h11-13,15-16H,4-10,14H2,1-3H3. The lowest BCUT2D eigenvalue weighted by Gasteiger charge is -2.26. The van der Waals surface area contributed by atoms with Crippen molar-refractivity contribution in [3.63, 3.8) is 0 Å². The third-order valence-corrected chi connectivity index (χ3v) is 8.12. The van der Waals surface area contributed by atoms with Crippen LogP contribution in [0.1, 0.15) is 51.9 Å². The number of sulfone groups is 1. The minimum absolute atomic E-state index is 0.0927. The molecule has 1 amide bonds. The average molecular weight is 467 g/mol. The minimum Gasteiger partial charge on any atom is -0.468 e. The topological polar surface area (TPSA) is 94.8 Å². The molecule has 0 unspecified atom stereocenters. The largest absolute Gasteiger partial charge is 0.468 e. The van der Waals surface area contributed by atoms with Gasteiger partial charge in [0.25, 0.3) is 5.91 Å². The zero-order chi connectivity index (χ0) is 22.6. The Morgan fingerprint density at radius 3 is 2.55 bits per heavy atom. The smallest absolute Gasteiger partial charge is 0.325 e. The van der Waals surface area contributed by atoms with E-state index in [0.717, 1.165) is 31.9 Å². The fourth-order valence-electron chi connectivity index (χ4n) is 4.09. The fourth-order valence-corrected chi connectivity index (χ4v) is 5.89. The molecule has 31 heavy (non-hydrogen) atoms. The van der Waals surface area contributed by atoms with Crippen LogP contribution in [0.15, 0.2) is 28.1 Å². The maximum Gasteiger partial charge on any atom is 0.325 e. The van der Waals surface area contributed by atoms with E-state index < -0.39 is 15.8 Å². The molecule has 7 nitrogen and oxygen atoms in total. The predicted octanol–water partition coefficient (Wildman–Crippen LogP) is 3.70. The summed E-state index contributed by atoms with van der Waals surface area (Å²) in [6, 6.07) is 4.71. The SMILES string of the molecule is CCCCC1CCC(C(=O)N=c2sc3cc(S(C)(=O)=O)ccc3n2CC(=O)OC)CC1. The van der Waals surface area contributed by atoms with Gasteiger partial charge in [-0.05, 0) is 49.8 Å². The number of methoxy groups -OCH3 is 1. The van der Waals surface area contributed by atoms with Gasteiger partial charge in [-0.3, -0.25) is 9.59 Å².